The van der Waals surface area contributed by atoms with Crippen molar-refractivity contribution in [2.24, 2.45) is 5.14 Å². The molecule has 4 N–H and O–H groups in total. The van der Waals surface area contributed by atoms with Crippen LogP contribution in [0.1, 0.15) is 26.5 Å². The van der Waals surface area contributed by atoms with E-state index in [1.807, 2.05) is 0 Å². The Morgan fingerprint density at radius 3 is 2.43 bits per heavy atom. The summed E-state index contributed by atoms with van der Waals surface area (Å²) in [4.78, 5) is 27.8. The number of aromatic carboxylic acids is 1. The van der Waals surface area contributed by atoms with Crippen molar-refractivity contribution in [1.82, 2.24) is 9.55 Å². The molecule has 0 aliphatic carbocycles. The van der Waals surface area contributed by atoms with Gasteiger partial charge in [-0.3, -0.25) is 9.36 Å². The maximum atomic E-state index is 12.9. The van der Waals surface area contributed by atoms with Gasteiger partial charge in [0.15, 0.2) is 0 Å². The van der Waals surface area contributed by atoms with Gasteiger partial charge in [0.2, 0.25) is 10.0 Å². The fourth-order valence-electron chi connectivity index (χ4n) is 2.70. The van der Waals surface area contributed by atoms with Crippen LogP contribution in [0.2, 0.25) is 5.02 Å². The third kappa shape index (κ3) is 3.79. The number of hydrogen-bond acceptors (Lipinski definition) is 7. The number of nitrogens with two attached hydrogens (primary N) is 2. The van der Waals surface area contributed by atoms with E-state index in [2.05, 4.69) is 4.98 Å². The minimum Gasteiger partial charge on any atom is -0.545 e. The summed E-state index contributed by atoms with van der Waals surface area (Å²) in [5.41, 5.74) is 5.80. The summed E-state index contributed by atoms with van der Waals surface area (Å²) in [5, 5.41) is 16.1. The number of fused-ring (bicyclic) bond motifs is 1. The summed E-state index contributed by atoms with van der Waals surface area (Å²) in [6.07, 6.45) is 0. The number of imidazole rings is 1. The van der Waals surface area contributed by atoms with E-state index in [0.717, 1.165) is 6.07 Å². The first kappa shape index (κ1) is 22.3. The van der Waals surface area contributed by atoms with Crippen LogP contribution in [0.5, 0.6) is 0 Å². The summed E-state index contributed by atoms with van der Waals surface area (Å²) in [5.74, 6) is -1.86. The second-order valence-corrected chi connectivity index (χ2v) is 7.61. The molecule has 0 fully saturated rings. The van der Waals surface area contributed by atoms with Gasteiger partial charge >= 0.3 is 29.6 Å². The quantitative estimate of drug-likeness (QED) is 0.337. The minimum absolute atomic E-state index is 0. The monoisotopic (exact) mass is 430 g/mol. The predicted octanol–water partition coefficient (Wildman–Crippen LogP) is -2.72. The van der Waals surface area contributed by atoms with Crippen LogP contribution in [0.25, 0.3) is 11.0 Å². The van der Waals surface area contributed by atoms with E-state index in [1.165, 1.54) is 35.8 Å². The molecular weight excluding hydrogens is 419 g/mol. The van der Waals surface area contributed by atoms with Gasteiger partial charge < -0.3 is 15.6 Å². The summed E-state index contributed by atoms with van der Waals surface area (Å²) < 4.78 is 24.4. The maximum Gasteiger partial charge on any atom is 1.00 e. The summed E-state index contributed by atoms with van der Waals surface area (Å²) in [7, 11) is -4.13. The van der Waals surface area contributed by atoms with Crippen LogP contribution < -0.4 is 45.5 Å². The number of carboxylic acids is 1. The number of carboxylic acid groups (broad SMARTS) is 1. The number of carbonyl (C=O) groups is 2. The molecule has 0 radical (unpaired) electrons. The Bertz CT molecular complexity index is 1240. The van der Waals surface area contributed by atoms with Crippen molar-refractivity contribution in [3.8, 4) is 0 Å². The second kappa shape index (κ2) is 7.82. The zero-order valence-electron chi connectivity index (χ0n) is 14.8. The molecule has 0 unspecified atom stereocenters. The van der Waals surface area contributed by atoms with Crippen LogP contribution in [0.15, 0.2) is 35.2 Å². The zero-order chi connectivity index (χ0) is 20.1. The predicted molar refractivity (Wildman–Crippen MR) is 95.8 cm³/mol. The number of sulfonamides is 1. The van der Waals surface area contributed by atoms with E-state index in [0.29, 0.717) is 0 Å². The molecule has 140 valence electrons. The molecule has 2 aromatic carbocycles. The van der Waals surface area contributed by atoms with Crippen LogP contribution in [0.4, 0.5) is 5.69 Å². The van der Waals surface area contributed by atoms with E-state index >= 15 is 0 Å². The Balaban J connectivity index is 0.00000280. The summed E-state index contributed by atoms with van der Waals surface area (Å²) in [6.45, 7) is 1.52. The topological polar surface area (TPSA) is 161 Å². The molecule has 3 rings (SSSR count). The van der Waals surface area contributed by atoms with E-state index in [9.17, 15) is 23.1 Å². The standard InChI is InChI=1S/C16H13ClN4O5S.Na/c1-7-20-14-11(5-3-9(13(14)18)16(23)24)21(7)15(22)8-2-4-10(17)12(6-8)27(19,25)26;/h2-6H,18H2,1H3,(H,23,24)(H2,19,25,26);/q;+1/p-1. The maximum absolute atomic E-state index is 12.9. The number of hydrogen-bond donors (Lipinski definition) is 2. The van der Waals surface area contributed by atoms with Crippen molar-refractivity contribution < 1.29 is 52.7 Å². The molecule has 0 spiro atoms. The van der Waals surface area contributed by atoms with Gasteiger partial charge in [-0.15, -0.1) is 0 Å². The van der Waals surface area contributed by atoms with Gasteiger partial charge in [0.1, 0.15) is 16.2 Å². The Hall–Kier alpha value is -1.95. The largest absolute Gasteiger partial charge is 1.00 e. The number of halogens is 1. The molecule has 0 aliphatic rings. The Morgan fingerprint density at radius 2 is 1.86 bits per heavy atom. The van der Waals surface area contributed by atoms with Gasteiger partial charge in [-0.1, -0.05) is 11.6 Å². The Kier molecular flexibility index (Phi) is 6.24. The fourth-order valence-corrected chi connectivity index (χ4v) is 3.77. The summed E-state index contributed by atoms with van der Waals surface area (Å²) >= 11 is 5.84. The van der Waals surface area contributed by atoms with Gasteiger partial charge in [-0.05, 0) is 37.3 Å². The molecule has 12 heteroatoms. The molecule has 0 aliphatic heterocycles. The number of rotatable bonds is 3. The molecule has 0 atom stereocenters. The number of aromatic nitrogens is 2. The SMILES string of the molecule is Cc1nc2c(N)c(C(=O)[O-])ccc2n1C(=O)c1ccc(Cl)c(S(N)(=O)=O)c1.[Na+]. The van der Waals surface area contributed by atoms with E-state index in [4.69, 9.17) is 22.5 Å². The van der Waals surface area contributed by atoms with Crippen molar-refractivity contribution in [1.29, 1.82) is 0 Å². The average molecular weight is 431 g/mol. The van der Waals surface area contributed by atoms with Gasteiger partial charge in [-0.2, -0.15) is 0 Å². The van der Waals surface area contributed by atoms with E-state index < -0.39 is 26.8 Å². The number of nitrogens with zero attached hydrogens (tertiary/aromatic N) is 2. The second-order valence-electron chi connectivity index (χ2n) is 5.67. The number of carbonyl (C=O) groups excluding carboxylic acids is 2. The molecule has 0 amide bonds. The number of nitrogen functional groups attached to an aromatic ring is 1. The average Bonchev–Trinajstić information content (AvgIpc) is 2.90. The van der Waals surface area contributed by atoms with Gasteiger partial charge in [0, 0.05) is 11.1 Å². The van der Waals surface area contributed by atoms with Crippen molar-refractivity contribution >= 4 is 50.2 Å². The zero-order valence-corrected chi connectivity index (χ0v) is 18.3. The van der Waals surface area contributed by atoms with E-state index in [-0.39, 0.29) is 68.3 Å². The van der Waals surface area contributed by atoms with E-state index in [1.54, 1.807) is 0 Å². The molecule has 3 aromatic rings. The fraction of sp³-hybridized carbons (Fsp3) is 0.0625. The Morgan fingerprint density at radius 1 is 1.21 bits per heavy atom. The molecule has 0 bridgehead atoms. The first-order valence-corrected chi connectivity index (χ1v) is 9.30. The smallest absolute Gasteiger partial charge is 0.545 e. The molecular formula is C16H12ClN4NaO5S. The van der Waals surface area contributed by atoms with Crippen molar-refractivity contribution in [3.63, 3.8) is 0 Å². The van der Waals surface area contributed by atoms with Crippen LogP contribution in [0, 0.1) is 6.92 Å². The van der Waals surface area contributed by atoms with Gasteiger partial charge in [-0.25, -0.2) is 18.5 Å². The molecule has 0 saturated heterocycles. The van der Waals surface area contributed by atoms with Crippen molar-refractivity contribution in [2.75, 3.05) is 5.73 Å². The molecule has 1 heterocycles. The number of primary sulfonamides is 1. The number of benzene rings is 2. The first-order chi connectivity index (χ1) is 12.5. The van der Waals surface area contributed by atoms with Gasteiger partial charge in [0.25, 0.3) is 5.91 Å². The van der Waals surface area contributed by atoms with Crippen LogP contribution in [-0.4, -0.2) is 29.8 Å². The van der Waals surface area contributed by atoms with Gasteiger partial charge in [0.05, 0.1) is 22.2 Å². The van der Waals surface area contributed by atoms with Crippen LogP contribution in [0.3, 0.4) is 0 Å². The molecule has 9 nitrogen and oxygen atoms in total. The number of aryl methyl sites for hydroxylation is 1. The van der Waals surface area contributed by atoms with Crippen molar-refractivity contribution in [2.45, 2.75) is 11.8 Å². The third-order valence-corrected chi connectivity index (χ3v) is 5.33. The number of anilines is 1. The minimum atomic E-state index is -4.13. The molecule has 1 aromatic heterocycles. The van der Waals surface area contributed by atoms with Crippen LogP contribution >= 0.6 is 11.6 Å². The molecule has 28 heavy (non-hydrogen) atoms. The third-order valence-electron chi connectivity index (χ3n) is 3.94. The first-order valence-electron chi connectivity index (χ1n) is 7.38. The van der Waals surface area contributed by atoms with Crippen molar-refractivity contribution in [3.05, 3.63) is 52.3 Å². The van der Waals surface area contributed by atoms with Crippen LogP contribution in [-0.2, 0) is 10.0 Å². The molecule has 0 saturated carbocycles. The summed E-state index contributed by atoms with van der Waals surface area (Å²) in [6, 6.07) is 6.21. The Labute approximate surface area is 186 Å². The normalized spacial score (nSPS) is 11.2.